The van der Waals surface area contributed by atoms with Crippen LogP contribution in [0.4, 0.5) is 0 Å². The Hall–Kier alpha value is -2.66. The number of fused-ring (bicyclic) bond motifs is 3. The first kappa shape index (κ1) is 12.1. The van der Waals surface area contributed by atoms with Crippen LogP contribution in [-0.4, -0.2) is 14.4 Å². The van der Waals surface area contributed by atoms with Crippen LogP contribution in [0.15, 0.2) is 59.4 Å². The van der Waals surface area contributed by atoms with Crippen molar-refractivity contribution in [1.82, 2.24) is 14.4 Å². The van der Waals surface area contributed by atoms with Crippen molar-refractivity contribution in [2.24, 2.45) is 0 Å². The Balaban J connectivity index is 2.29. The molecule has 0 bridgehead atoms. The van der Waals surface area contributed by atoms with Crippen LogP contribution in [0, 0.1) is 4.77 Å². The first-order valence-electron chi connectivity index (χ1n) is 6.57. The summed E-state index contributed by atoms with van der Waals surface area (Å²) in [5, 5.41) is 0.961. The average molecular weight is 293 g/mol. The van der Waals surface area contributed by atoms with Crippen LogP contribution in [0.5, 0.6) is 0 Å². The molecule has 21 heavy (non-hydrogen) atoms. The van der Waals surface area contributed by atoms with Crippen LogP contribution in [0.3, 0.4) is 0 Å². The molecule has 4 rings (SSSR count). The second-order valence-electron chi connectivity index (χ2n) is 4.83. The zero-order chi connectivity index (χ0) is 14.4. The molecule has 4 nitrogen and oxygen atoms in total. The first-order chi connectivity index (χ1) is 10.3. The number of rotatable bonds is 1. The summed E-state index contributed by atoms with van der Waals surface area (Å²) in [4.78, 5) is 18.3. The third-order valence-electron chi connectivity index (χ3n) is 3.58. The van der Waals surface area contributed by atoms with Crippen molar-refractivity contribution in [2.75, 3.05) is 0 Å². The highest BCUT2D eigenvalue weighted by molar-refractivity contribution is 7.71. The third kappa shape index (κ3) is 1.75. The van der Waals surface area contributed by atoms with Gasteiger partial charge in [-0.1, -0.05) is 48.5 Å². The number of hydrogen-bond donors (Lipinski definition) is 2. The zero-order valence-corrected chi connectivity index (χ0v) is 11.8. The lowest BCUT2D eigenvalue weighted by molar-refractivity contribution is 1.00. The molecule has 2 heterocycles. The molecule has 4 aromatic rings. The van der Waals surface area contributed by atoms with Gasteiger partial charge in [-0.3, -0.25) is 0 Å². The van der Waals surface area contributed by atoms with E-state index < -0.39 is 0 Å². The van der Waals surface area contributed by atoms with E-state index in [0.29, 0.717) is 4.77 Å². The Labute approximate surface area is 124 Å². The molecule has 0 aliphatic rings. The largest absolute Gasteiger partial charge is 0.332 e. The molecular weight excluding hydrogens is 282 g/mol. The van der Waals surface area contributed by atoms with E-state index in [1.165, 1.54) is 4.40 Å². The molecule has 0 atom stereocenters. The van der Waals surface area contributed by atoms with Gasteiger partial charge in [-0.15, -0.1) is 0 Å². The summed E-state index contributed by atoms with van der Waals surface area (Å²) < 4.78 is 1.91. The summed E-state index contributed by atoms with van der Waals surface area (Å²) in [5.74, 6) is 0. The van der Waals surface area contributed by atoms with Crippen molar-refractivity contribution < 1.29 is 0 Å². The number of hydrogen-bond acceptors (Lipinski definition) is 2. The van der Waals surface area contributed by atoms with E-state index in [4.69, 9.17) is 12.2 Å². The van der Waals surface area contributed by atoms with Gasteiger partial charge in [-0.25, -0.2) is 9.20 Å². The van der Waals surface area contributed by atoms with Crippen molar-refractivity contribution in [2.45, 2.75) is 0 Å². The number of para-hydroxylation sites is 1. The average Bonchev–Trinajstić information content (AvgIpc) is 2.87. The fourth-order valence-electron chi connectivity index (χ4n) is 2.67. The lowest BCUT2D eigenvalue weighted by atomic mass is 10.1. The molecule has 0 radical (unpaired) electrons. The topological polar surface area (TPSA) is 53.1 Å². The van der Waals surface area contributed by atoms with Gasteiger partial charge >= 0.3 is 5.69 Å². The third-order valence-corrected chi connectivity index (χ3v) is 3.87. The van der Waals surface area contributed by atoms with E-state index in [0.717, 1.165) is 27.7 Å². The number of H-pyrrole nitrogens is 2. The maximum atomic E-state index is 12.3. The Kier molecular flexibility index (Phi) is 2.55. The van der Waals surface area contributed by atoms with Crippen LogP contribution >= 0.6 is 12.2 Å². The molecule has 2 aromatic heterocycles. The summed E-state index contributed by atoms with van der Waals surface area (Å²) in [5.41, 5.74) is 3.25. The van der Waals surface area contributed by atoms with Gasteiger partial charge in [0.25, 0.3) is 0 Å². The molecule has 2 N–H and O–H groups in total. The summed E-state index contributed by atoms with van der Waals surface area (Å²) in [6.07, 6.45) is 0. The van der Waals surface area contributed by atoms with Crippen molar-refractivity contribution in [3.63, 3.8) is 0 Å². The SMILES string of the molecule is O=c1[nH]c2ccccc2c2c(-c3ccccc3)[nH]c(=S)n12. The van der Waals surface area contributed by atoms with E-state index in [-0.39, 0.29) is 5.69 Å². The van der Waals surface area contributed by atoms with Gasteiger partial charge in [0.2, 0.25) is 0 Å². The summed E-state index contributed by atoms with van der Waals surface area (Å²) >= 11 is 5.31. The number of benzene rings is 2. The Morgan fingerprint density at radius 2 is 1.62 bits per heavy atom. The monoisotopic (exact) mass is 293 g/mol. The second-order valence-corrected chi connectivity index (χ2v) is 5.22. The Morgan fingerprint density at radius 1 is 0.905 bits per heavy atom. The number of nitrogens with one attached hydrogen (secondary N) is 2. The Bertz CT molecular complexity index is 1070. The smallest absolute Gasteiger partial charge is 0.330 e. The zero-order valence-electron chi connectivity index (χ0n) is 11.0. The van der Waals surface area contributed by atoms with Gasteiger partial charge in [-0.05, 0) is 18.3 Å². The van der Waals surface area contributed by atoms with Gasteiger partial charge in [0.1, 0.15) is 0 Å². The summed E-state index contributed by atoms with van der Waals surface area (Å²) in [6.45, 7) is 0. The highest BCUT2D eigenvalue weighted by atomic mass is 32.1. The van der Waals surface area contributed by atoms with E-state index in [1.807, 2.05) is 54.6 Å². The van der Waals surface area contributed by atoms with E-state index >= 15 is 0 Å². The van der Waals surface area contributed by atoms with E-state index in [2.05, 4.69) is 9.97 Å². The van der Waals surface area contributed by atoms with E-state index in [1.54, 1.807) is 0 Å². The van der Waals surface area contributed by atoms with Crippen LogP contribution in [-0.2, 0) is 0 Å². The summed E-state index contributed by atoms with van der Waals surface area (Å²) in [7, 11) is 0. The van der Waals surface area contributed by atoms with Gasteiger partial charge in [0.15, 0.2) is 4.77 Å². The molecule has 0 amide bonds. The highest BCUT2D eigenvalue weighted by Crippen LogP contribution is 2.27. The first-order valence-corrected chi connectivity index (χ1v) is 6.98. The van der Waals surface area contributed by atoms with Gasteiger partial charge in [0, 0.05) is 10.9 Å². The van der Waals surface area contributed by atoms with Crippen molar-refractivity contribution >= 4 is 28.6 Å². The number of nitrogens with zero attached hydrogens (tertiary/aromatic N) is 1. The minimum absolute atomic E-state index is 0.230. The summed E-state index contributed by atoms with van der Waals surface area (Å²) in [6, 6.07) is 17.6. The normalized spacial score (nSPS) is 11.2. The van der Waals surface area contributed by atoms with Gasteiger partial charge in [-0.2, -0.15) is 0 Å². The molecule has 0 fully saturated rings. The van der Waals surface area contributed by atoms with Crippen molar-refractivity contribution in [3.05, 3.63) is 69.9 Å². The molecule has 5 heteroatoms. The number of aromatic amines is 2. The fraction of sp³-hybridized carbons (Fsp3) is 0. The number of aromatic nitrogens is 3. The molecular formula is C16H11N3OS. The van der Waals surface area contributed by atoms with E-state index in [9.17, 15) is 4.79 Å². The molecule has 0 saturated heterocycles. The van der Waals surface area contributed by atoms with Crippen molar-refractivity contribution in [3.8, 4) is 11.3 Å². The molecule has 102 valence electrons. The predicted octanol–water partition coefficient (Wildman–Crippen LogP) is 3.51. The van der Waals surface area contributed by atoms with Gasteiger partial charge < -0.3 is 9.97 Å². The van der Waals surface area contributed by atoms with Crippen LogP contribution < -0.4 is 5.69 Å². The van der Waals surface area contributed by atoms with Crippen LogP contribution in [0.1, 0.15) is 0 Å². The fourth-order valence-corrected chi connectivity index (χ4v) is 2.94. The number of imidazole rings is 1. The highest BCUT2D eigenvalue weighted by Gasteiger charge is 2.13. The predicted molar refractivity (Wildman–Crippen MR) is 86.1 cm³/mol. The molecule has 2 aromatic carbocycles. The Morgan fingerprint density at radius 3 is 2.43 bits per heavy atom. The molecule has 0 unspecified atom stereocenters. The second kappa shape index (κ2) is 4.43. The molecule has 0 aliphatic carbocycles. The molecule has 0 saturated carbocycles. The maximum absolute atomic E-state index is 12.3. The van der Waals surface area contributed by atoms with Gasteiger partial charge in [0.05, 0.1) is 16.7 Å². The molecule has 0 spiro atoms. The molecule has 0 aliphatic heterocycles. The standard InChI is InChI=1S/C16H11N3OS/c20-15-17-12-9-5-4-8-11(12)14-13(18-16(21)19(14)15)10-6-2-1-3-7-10/h1-9H,(H,17,20)(H,18,21). The minimum atomic E-state index is -0.230. The maximum Gasteiger partial charge on any atom is 0.332 e. The lowest BCUT2D eigenvalue weighted by Crippen LogP contribution is -2.16. The quantitative estimate of drug-likeness (QED) is 0.528. The minimum Gasteiger partial charge on any atom is -0.330 e. The van der Waals surface area contributed by atoms with Crippen LogP contribution in [0.2, 0.25) is 0 Å². The lowest BCUT2D eigenvalue weighted by Gasteiger charge is -2.03. The van der Waals surface area contributed by atoms with Crippen molar-refractivity contribution in [1.29, 1.82) is 0 Å². The van der Waals surface area contributed by atoms with Crippen LogP contribution in [0.25, 0.3) is 27.7 Å².